The second kappa shape index (κ2) is 10.0. The van der Waals surface area contributed by atoms with Crippen molar-refractivity contribution in [1.29, 1.82) is 0 Å². The number of nitrogens with zero attached hydrogens (tertiary/aromatic N) is 2. The maximum atomic E-state index is 13.1. The summed E-state index contributed by atoms with van der Waals surface area (Å²) in [4.78, 5) is 13.0. The van der Waals surface area contributed by atoms with Gasteiger partial charge in [-0.3, -0.25) is 9.52 Å². The third-order valence-corrected chi connectivity index (χ3v) is 6.93. The van der Waals surface area contributed by atoms with Crippen LogP contribution in [0.2, 0.25) is 0 Å². The molecule has 180 valence electrons. The van der Waals surface area contributed by atoms with Crippen LogP contribution >= 0.6 is 0 Å². The van der Waals surface area contributed by atoms with Crippen LogP contribution in [0.4, 0.5) is 11.4 Å². The number of aryl methyl sites for hydroxylation is 1. The van der Waals surface area contributed by atoms with Gasteiger partial charge in [-0.2, -0.15) is 5.10 Å². The van der Waals surface area contributed by atoms with Gasteiger partial charge in [0.25, 0.3) is 15.9 Å². The second-order valence-corrected chi connectivity index (χ2v) is 9.54. The van der Waals surface area contributed by atoms with Gasteiger partial charge in [-0.25, -0.2) is 13.1 Å². The quantitative estimate of drug-likeness (QED) is 0.364. The molecule has 0 spiro atoms. The summed E-state index contributed by atoms with van der Waals surface area (Å²) in [6.45, 7) is 5.91. The minimum absolute atomic E-state index is 0.0703. The van der Waals surface area contributed by atoms with Gasteiger partial charge in [0.1, 0.15) is 5.75 Å². The van der Waals surface area contributed by atoms with E-state index in [0.717, 1.165) is 5.69 Å². The molecule has 8 nitrogen and oxygen atoms in total. The molecule has 0 atom stereocenters. The summed E-state index contributed by atoms with van der Waals surface area (Å²) in [5.74, 6) is 0.276. The molecule has 0 radical (unpaired) electrons. The van der Waals surface area contributed by atoms with Crippen molar-refractivity contribution in [3.8, 4) is 11.4 Å². The number of para-hydroxylation sites is 1. The van der Waals surface area contributed by atoms with E-state index in [9.17, 15) is 13.2 Å². The average Bonchev–Trinajstić information content (AvgIpc) is 3.23. The molecule has 1 heterocycles. The Morgan fingerprint density at radius 1 is 0.971 bits per heavy atom. The number of ether oxygens (including phenoxy) is 1. The second-order valence-electron chi connectivity index (χ2n) is 7.89. The van der Waals surface area contributed by atoms with E-state index in [0.29, 0.717) is 40.6 Å². The molecular weight excluding hydrogens is 464 g/mol. The number of amides is 1. The third-order valence-electron chi connectivity index (χ3n) is 5.41. The number of carbonyl (C=O) groups is 1. The van der Waals surface area contributed by atoms with Gasteiger partial charge >= 0.3 is 0 Å². The van der Waals surface area contributed by atoms with Crippen LogP contribution in [0, 0.1) is 13.8 Å². The zero-order chi connectivity index (χ0) is 25.0. The number of benzene rings is 3. The molecule has 0 aliphatic carbocycles. The zero-order valence-corrected chi connectivity index (χ0v) is 20.5. The summed E-state index contributed by atoms with van der Waals surface area (Å²) in [6.07, 6.45) is 1.50. The fourth-order valence-corrected chi connectivity index (χ4v) is 4.95. The van der Waals surface area contributed by atoms with Gasteiger partial charge < -0.3 is 10.1 Å². The van der Waals surface area contributed by atoms with Crippen LogP contribution in [0.1, 0.15) is 28.5 Å². The first-order valence-electron chi connectivity index (χ1n) is 11.1. The molecule has 2 N–H and O–H groups in total. The lowest BCUT2D eigenvalue weighted by molar-refractivity contribution is 0.102. The lowest BCUT2D eigenvalue weighted by Gasteiger charge is -2.13. The van der Waals surface area contributed by atoms with Gasteiger partial charge in [-0.1, -0.05) is 24.3 Å². The maximum absolute atomic E-state index is 13.1. The largest absolute Gasteiger partial charge is 0.494 e. The molecule has 0 bridgehead atoms. The topological polar surface area (TPSA) is 102 Å². The van der Waals surface area contributed by atoms with E-state index in [1.54, 1.807) is 54.9 Å². The summed E-state index contributed by atoms with van der Waals surface area (Å²) < 4.78 is 35.8. The average molecular weight is 491 g/mol. The molecule has 1 amide bonds. The fourth-order valence-electron chi connectivity index (χ4n) is 3.62. The minimum Gasteiger partial charge on any atom is -0.494 e. The SMILES string of the molecule is CCOc1ccc(NS(=O)(=O)c2cc(NC(=O)c3cnn(-c4ccccc4)c3C)ccc2C)cc1. The molecule has 9 heteroatoms. The van der Waals surface area contributed by atoms with E-state index in [4.69, 9.17) is 4.74 Å². The Balaban J connectivity index is 1.54. The Kier molecular flexibility index (Phi) is 6.88. The van der Waals surface area contributed by atoms with E-state index >= 15 is 0 Å². The first-order chi connectivity index (χ1) is 16.8. The first kappa shape index (κ1) is 24.0. The van der Waals surface area contributed by atoms with Crippen molar-refractivity contribution in [3.63, 3.8) is 0 Å². The summed E-state index contributed by atoms with van der Waals surface area (Å²) >= 11 is 0. The molecule has 3 aromatic carbocycles. The van der Waals surface area contributed by atoms with Crippen LogP contribution < -0.4 is 14.8 Å². The van der Waals surface area contributed by atoms with Crippen LogP contribution in [-0.2, 0) is 10.0 Å². The number of anilines is 2. The van der Waals surface area contributed by atoms with E-state index in [2.05, 4.69) is 15.1 Å². The van der Waals surface area contributed by atoms with E-state index < -0.39 is 10.0 Å². The number of hydrogen-bond donors (Lipinski definition) is 2. The number of sulfonamides is 1. The van der Waals surface area contributed by atoms with Crippen LogP contribution in [-0.4, -0.2) is 30.7 Å². The van der Waals surface area contributed by atoms with Crippen molar-refractivity contribution in [2.24, 2.45) is 0 Å². The standard InChI is InChI=1S/C26H26N4O4S/c1-4-34-23-14-12-20(13-15-23)29-35(32,33)25-16-21(11-10-18(25)2)28-26(31)24-17-27-30(19(24)3)22-8-6-5-7-9-22/h5-17,29H,4H2,1-3H3,(H,28,31). The molecule has 0 saturated heterocycles. The molecule has 0 fully saturated rings. The highest BCUT2D eigenvalue weighted by Gasteiger charge is 2.20. The van der Waals surface area contributed by atoms with Gasteiger partial charge in [0.05, 0.1) is 34.6 Å². The molecule has 35 heavy (non-hydrogen) atoms. The van der Waals surface area contributed by atoms with Crippen molar-refractivity contribution < 1.29 is 17.9 Å². The number of hydrogen-bond acceptors (Lipinski definition) is 5. The normalized spacial score (nSPS) is 11.2. The van der Waals surface area contributed by atoms with Gasteiger partial charge in [0.15, 0.2) is 0 Å². The Morgan fingerprint density at radius 3 is 2.34 bits per heavy atom. The molecule has 0 aliphatic heterocycles. The monoisotopic (exact) mass is 490 g/mol. The van der Waals surface area contributed by atoms with Gasteiger partial charge in [0, 0.05) is 11.4 Å². The summed E-state index contributed by atoms with van der Waals surface area (Å²) in [5.41, 5.74) is 3.23. The molecule has 4 rings (SSSR count). The lowest BCUT2D eigenvalue weighted by Crippen LogP contribution is -2.16. The minimum atomic E-state index is -3.89. The number of nitrogens with one attached hydrogen (secondary N) is 2. The van der Waals surface area contributed by atoms with Crippen molar-refractivity contribution in [2.45, 2.75) is 25.7 Å². The maximum Gasteiger partial charge on any atom is 0.262 e. The summed E-state index contributed by atoms with van der Waals surface area (Å²) in [6, 6.07) is 20.9. The predicted molar refractivity (Wildman–Crippen MR) is 136 cm³/mol. The summed E-state index contributed by atoms with van der Waals surface area (Å²) in [7, 11) is -3.89. The molecule has 0 aliphatic rings. The van der Waals surface area contributed by atoms with E-state index in [1.807, 2.05) is 37.3 Å². The fraction of sp³-hybridized carbons (Fsp3) is 0.154. The van der Waals surface area contributed by atoms with Crippen molar-refractivity contribution in [3.05, 3.63) is 95.8 Å². The third kappa shape index (κ3) is 5.36. The molecular formula is C26H26N4O4S. The van der Waals surface area contributed by atoms with Gasteiger partial charge in [0.2, 0.25) is 0 Å². The smallest absolute Gasteiger partial charge is 0.262 e. The van der Waals surface area contributed by atoms with Crippen LogP contribution in [0.15, 0.2) is 83.9 Å². The van der Waals surface area contributed by atoms with Crippen LogP contribution in [0.5, 0.6) is 5.75 Å². The van der Waals surface area contributed by atoms with E-state index in [1.165, 1.54) is 12.3 Å². The lowest BCUT2D eigenvalue weighted by atomic mass is 10.2. The zero-order valence-electron chi connectivity index (χ0n) is 19.6. The highest BCUT2D eigenvalue weighted by atomic mass is 32.2. The Morgan fingerprint density at radius 2 is 1.66 bits per heavy atom. The highest BCUT2D eigenvalue weighted by molar-refractivity contribution is 7.92. The Hall–Kier alpha value is -4.11. The first-order valence-corrected chi connectivity index (χ1v) is 12.5. The molecule has 0 unspecified atom stereocenters. The number of rotatable bonds is 8. The van der Waals surface area contributed by atoms with Crippen molar-refractivity contribution in [1.82, 2.24) is 9.78 Å². The van der Waals surface area contributed by atoms with E-state index in [-0.39, 0.29) is 10.8 Å². The number of aromatic nitrogens is 2. The predicted octanol–water partition coefficient (Wildman–Crippen LogP) is 4.94. The van der Waals surface area contributed by atoms with Crippen molar-refractivity contribution in [2.75, 3.05) is 16.6 Å². The van der Waals surface area contributed by atoms with Crippen molar-refractivity contribution >= 4 is 27.3 Å². The Bertz CT molecular complexity index is 1450. The van der Waals surface area contributed by atoms with Gasteiger partial charge in [-0.05, 0) is 74.9 Å². The summed E-state index contributed by atoms with van der Waals surface area (Å²) in [5, 5.41) is 7.11. The highest BCUT2D eigenvalue weighted by Crippen LogP contribution is 2.25. The number of carbonyl (C=O) groups excluding carboxylic acids is 1. The molecule has 4 aromatic rings. The van der Waals surface area contributed by atoms with Gasteiger partial charge in [-0.15, -0.1) is 0 Å². The van der Waals surface area contributed by atoms with Crippen LogP contribution in [0.3, 0.4) is 0 Å². The Labute approximate surface area is 204 Å². The molecule has 0 saturated carbocycles. The van der Waals surface area contributed by atoms with Crippen LogP contribution in [0.25, 0.3) is 5.69 Å². The molecule has 1 aromatic heterocycles.